The average molecular weight is 289 g/mol. The molecule has 2 saturated heterocycles. The normalized spacial score (nSPS) is 23.3. The number of hydrogen-bond donors (Lipinski definition) is 2. The summed E-state index contributed by atoms with van der Waals surface area (Å²) in [5, 5.41) is 6.33. The number of rotatable bonds is 3. The first kappa shape index (κ1) is 14.3. The Hall–Kier alpha value is -1.69. The fraction of sp³-hybridized carbons (Fsp3) is 0.667. The Morgan fingerprint density at radius 3 is 2.90 bits per heavy atom. The molecule has 1 aromatic rings. The Morgan fingerprint density at radius 1 is 1.33 bits per heavy atom. The van der Waals surface area contributed by atoms with Gasteiger partial charge >= 0.3 is 0 Å². The van der Waals surface area contributed by atoms with Crippen molar-refractivity contribution >= 4 is 11.7 Å². The third kappa shape index (κ3) is 3.00. The highest BCUT2D eigenvalue weighted by Crippen LogP contribution is 2.33. The lowest BCUT2D eigenvalue weighted by molar-refractivity contribution is -0.137. The molecule has 1 aromatic heterocycles. The number of carbonyl (C=O) groups excluding carboxylic acids is 1. The first-order valence-corrected chi connectivity index (χ1v) is 7.80. The zero-order valence-corrected chi connectivity index (χ0v) is 12.5. The number of likely N-dealkylation sites (tertiary alicyclic amines) is 1. The SMILES string of the molecule is CNc1cncc([C@H]2CCCN2C(=O)C2CCNCC2)n1. The minimum Gasteiger partial charge on any atom is -0.372 e. The van der Waals surface area contributed by atoms with E-state index >= 15 is 0 Å². The van der Waals surface area contributed by atoms with Gasteiger partial charge in [0.15, 0.2) is 0 Å². The van der Waals surface area contributed by atoms with Crippen LogP contribution in [0.4, 0.5) is 5.82 Å². The van der Waals surface area contributed by atoms with E-state index in [4.69, 9.17) is 0 Å². The van der Waals surface area contributed by atoms with E-state index in [0.29, 0.717) is 5.91 Å². The summed E-state index contributed by atoms with van der Waals surface area (Å²) < 4.78 is 0. The number of anilines is 1. The molecule has 2 fully saturated rings. The van der Waals surface area contributed by atoms with Crippen LogP contribution >= 0.6 is 0 Å². The number of aromatic nitrogens is 2. The summed E-state index contributed by atoms with van der Waals surface area (Å²) in [7, 11) is 1.83. The predicted octanol–water partition coefficient (Wildman–Crippen LogP) is 1.18. The van der Waals surface area contributed by atoms with Gasteiger partial charge in [-0.05, 0) is 38.8 Å². The lowest BCUT2D eigenvalue weighted by Gasteiger charge is -2.30. The minimum atomic E-state index is 0.0909. The number of nitrogens with zero attached hydrogens (tertiary/aromatic N) is 3. The highest BCUT2D eigenvalue weighted by atomic mass is 16.2. The van der Waals surface area contributed by atoms with Gasteiger partial charge < -0.3 is 15.5 Å². The van der Waals surface area contributed by atoms with Gasteiger partial charge in [-0.15, -0.1) is 0 Å². The second-order valence-corrected chi connectivity index (χ2v) is 5.79. The smallest absolute Gasteiger partial charge is 0.226 e. The van der Waals surface area contributed by atoms with Gasteiger partial charge in [-0.2, -0.15) is 0 Å². The van der Waals surface area contributed by atoms with E-state index in [2.05, 4.69) is 20.6 Å². The molecule has 0 aromatic carbocycles. The Kier molecular flexibility index (Phi) is 4.34. The summed E-state index contributed by atoms with van der Waals surface area (Å²) >= 11 is 0. The van der Waals surface area contributed by atoms with Crippen LogP contribution in [0.15, 0.2) is 12.4 Å². The number of amides is 1. The van der Waals surface area contributed by atoms with Crippen LogP contribution in [0.5, 0.6) is 0 Å². The van der Waals surface area contributed by atoms with Crippen molar-refractivity contribution in [3.8, 4) is 0 Å². The van der Waals surface area contributed by atoms with Crippen LogP contribution in [0.2, 0.25) is 0 Å². The molecule has 1 amide bonds. The van der Waals surface area contributed by atoms with Gasteiger partial charge in [0.1, 0.15) is 5.82 Å². The largest absolute Gasteiger partial charge is 0.372 e. The highest BCUT2D eigenvalue weighted by Gasteiger charge is 2.35. The molecule has 1 atom stereocenters. The standard InChI is InChI=1S/C15H23N5O/c1-16-14-10-18-9-12(19-14)13-3-2-8-20(13)15(21)11-4-6-17-7-5-11/h9-11,13,17H,2-8H2,1H3,(H,16,19)/t13-/m1/s1. The van der Waals surface area contributed by atoms with Crippen molar-refractivity contribution in [2.45, 2.75) is 31.7 Å². The van der Waals surface area contributed by atoms with Crippen molar-refractivity contribution in [2.24, 2.45) is 5.92 Å². The van der Waals surface area contributed by atoms with Crippen molar-refractivity contribution in [1.82, 2.24) is 20.2 Å². The molecule has 3 heterocycles. The average Bonchev–Trinajstić information content (AvgIpc) is 3.04. The molecule has 0 saturated carbocycles. The molecule has 114 valence electrons. The second kappa shape index (κ2) is 6.39. The molecule has 3 rings (SSSR count). The van der Waals surface area contributed by atoms with E-state index < -0.39 is 0 Å². The zero-order chi connectivity index (χ0) is 14.7. The molecule has 2 aliphatic heterocycles. The maximum atomic E-state index is 12.8. The maximum absolute atomic E-state index is 12.8. The summed E-state index contributed by atoms with van der Waals surface area (Å²) in [6, 6.07) is 0.0909. The van der Waals surface area contributed by atoms with Crippen molar-refractivity contribution < 1.29 is 4.79 Å². The van der Waals surface area contributed by atoms with Crippen LogP contribution in [-0.2, 0) is 4.79 Å². The number of hydrogen-bond acceptors (Lipinski definition) is 5. The Morgan fingerprint density at radius 2 is 2.14 bits per heavy atom. The molecule has 0 aliphatic carbocycles. The summed E-state index contributed by atoms with van der Waals surface area (Å²) in [6.07, 6.45) is 7.43. The van der Waals surface area contributed by atoms with Gasteiger partial charge in [0, 0.05) is 19.5 Å². The van der Waals surface area contributed by atoms with Crippen LogP contribution in [0.25, 0.3) is 0 Å². The number of piperidine rings is 1. The molecule has 0 spiro atoms. The van der Waals surface area contributed by atoms with Gasteiger partial charge in [0.25, 0.3) is 0 Å². The zero-order valence-electron chi connectivity index (χ0n) is 12.5. The summed E-state index contributed by atoms with van der Waals surface area (Å²) in [4.78, 5) is 23.6. The molecule has 2 aliphatic rings. The van der Waals surface area contributed by atoms with Gasteiger partial charge in [-0.1, -0.05) is 0 Å². The Labute approximate surface area is 125 Å². The maximum Gasteiger partial charge on any atom is 0.226 e. The monoisotopic (exact) mass is 289 g/mol. The fourth-order valence-electron chi connectivity index (χ4n) is 3.30. The third-order valence-electron chi connectivity index (χ3n) is 4.47. The lowest BCUT2D eigenvalue weighted by Crippen LogP contribution is -2.40. The molecule has 6 heteroatoms. The fourth-order valence-corrected chi connectivity index (χ4v) is 3.30. The van der Waals surface area contributed by atoms with Crippen molar-refractivity contribution in [3.05, 3.63) is 18.1 Å². The summed E-state index contributed by atoms with van der Waals surface area (Å²) in [5.74, 6) is 1.23. The van der Waals surface area contributed by atoms with Crippen LogP contribution in [0, 0.1) is 5.92 Å². The van der Waals surface area contributed by atoms with Gasteiger partial charge in [0.05, 0.1) is 24.1 Å². The van der Waals surface area contributed by atoms with Crippen LogP contribution in [-0.4, -0.2) is 47.5 Å². The number of carbonyl (C=O) groups is 1. The van der Waals surface area contributed by atoms with Gasteiger partial charge in [-0.3, -0.25) is 9.78 Å². The van der Waals surface area contributed by atoms with Crippen molar-refractivity contribution in [3.63, 3.8) is 0 Å². The van der Waals surface area contributed by atoms with Crippen LogP contribution in [0.1, 0.15) is 37.4 Å². The molecule has 21 heavy (non-hydrogen) atoms. The van der Waals surface area contributed by atoms with E-state index in [1.807, 2.05) is 11.9 Å². The molecule has 6 nitrogen and oxygen atoms in total. The number of nitrogens with one attached hydrogen (secondary N) is 2. The van der Waals surface area contributed by atoms with E-state index in [1.54, 1.807) is 12.4 Å². The summed E-state index contributed by atoms with van der Waals surface area (Å²) in [6.45, 7) is 2.74. The van der Waals surface area contributed by atoms with Crippen LogP contribution in [0.3, 0.4) is 0 Å². The van der Waals surface area contributed by atoms with Gasteiger partial charge in [-0.25, -0.2) is 4.98 Å². The molecule has 2 N–H and O–H groups in total. The highest BCUT2D eigenvalue weighted by molar-refractivity contribution is 5.79. The van der Waals surface area contributed by atoms with Crippen LogP contribution < -0.4 is 10.6 Å². The molecular formula is C15H23N5O. The van der Waals surface area contributed by atoms with E-state index in [9.17, 15) is 4.79 Å². The van der Waals surface area contributed by atoms with E-state index in [0.717, 1.165) is 56.8 Å². The Balaban J connectivity index is 1.76. The topological polar surface area (TPSA) is 70.2 Å². The molecule has 0 bridgehead atoms. The summed E-state index contributed by atoms with van der Waals surface area (Å²) in [5.41, 5.74) is 0.904. The molecule has 0 radical (unpaired) electrons. The van der Waals surface area contributed by atoms with E-state index in [-0.39, 0.29) is 12.0 Å². The predicted molar refractivity (Wildman–Crippen MR) is 80.9 cm³/mol. The van der Waals surface area contributed by atoms with Gasteiger partial charge in [0.2, 0.25) is 5.91 Å². The molecule has 0 unspecified atom stereocenters. The third-order valence-corrected chi connectivity index (χ3v) is 4.47. The first-order valence-electron chi connectivity index (χ1n) is 7.80. The minimum absolute atomic E-state index is 0.0909. The Bertz CT molecular complexity index is 501. The lowest BCUT2D eigenvalue weighted by atomic mass is 9.96. The molecular weight excluding hydrogens is 266 g/mol. The van der Waals surface area contributed by atoms with Crippen molar-refractivity contribution in [1.29, 1.82) is 0 Å². The van der Waals surface area contributed by atoms with E-state index in [1.165, 1.54) is 0 Å². The first-order chi connectivity index (χ1) is 10.3. The second-order valence-electron chi connectivity index (χ2n) is 5.79. The van der Waals surface area contributed by atoms with Crippen molar-refractivity contribution in [2.75, 3.05) is 32.0 Å². The quantitative estimate of drug-likeness (QED) is 0.874.